The fourth-order valence-corrected chi connectivity index (χ4v) is 2.27. The van der Waals surface area contributed by atoms with Crippen LogP contribution in [-0.2, 0) is 6.54 Å². The normalized spacial score (nSPS) is 12.8. The van der Waals surface area contributed by atoms with Crippen molar-refractivity contribution in [2.75, 3.05) is 19.0 Å². The molecule has 0 spiro atoms. The maximum atomic E-state index is 3.23. The van der Waals surface area contributed by atoms with Crippen molar-refractivity contribution >= 4 is 5.69 Å². The van der Waals surface area contributed by atoms with Gasteiger partial charge in [0.25, 0.3) is 0 Å². The summed E-state index contributed by atoms with van der Waals surface area (Å²) in [6.07, 6.45) is 1.23. The Morgan fingerprint density at radius 1 is 1.18 bits per heavy atom. The van der Waals surface area contributed by atoms with Gasteiger partial charge in [-0.2, -0.15) is 0 Å². The molecule has 0 amide bonds. The molecule has 0 saturated carbocycles. The number of para-hydroxylation sites is 1. The molecule has 96 valence electrons. The minimum absolute atomic E-state index is 0.577. The van der Waals surface area contributed by atoms with Gasteiger partial charge in [0.15, 0.2) is 0 Å². The van der Waals surface area contributed by atoms with Crippen LogP contribution in [0.15, 0.2) is 24.3 Å². The van der Waals surface area contributed by atoms with E-state index in [9.17, 15) is 0 Å². The number of nitrogens with one attached hydrogen (secondary N) is 1. The number of rotatable bonds is 6. The van der Waals surface area contributed by atoms with Crippen LogP contribution in [0, 0.1) is 5.92 Å². The van der Waals surface area contributed by atoms with Crippen molar-refractivity contribution in [1.82, 2.24) is 5.32 Å². The summed E-state index contributed by atoms with van der Waals surface area (Å²) in [5.74, 6) is 0.740. The van der Waals surface area contributed by atoms with Crippen molar-refractivity contribution < 1.29 is 0 Å². The van der Waals surface area contributed by atoms with Crippen LogP contribution < -0.4 is 10.2 Å². The zero-order valence-corrected chi connectivity index (χ0v) is 11.8. The topological polar surface area (TPSA) is 15.3 Å². The molecule has 17 heavy (non-hydrogen) atoms. The third-order valence-electron chi connectivity index (χ3n) is 3.21. The van der Waals surface area contributed by atoms with Crippen LogP contribution in [0.4, 0.5) is 5.69 Å². The van der Waals surface area contributed by atoms with Gasteiger partial charge in [-0.1, -0.05) is 32.0 Å². The fraction of sp³-hybridized carbons (Fsp3) is 0.600. The molecule has 0 radical (unpaired) electrons. The van der Waals surface area contributed by atoms with Gasteiger partial charge < -0.3 is 10.2 Å². The molecule has 0 saturated heterocycles. The van der Waals surface area contributed by atoms with Crippen molar-refractivity contribution in [1.29, 1.82) is 0 Å². The van der Waals surface area contributed by atoms with Gasteiger partial charge >= 0.3 is 0 Å². The fourth-order valence-electron chi connectivity index (χ4n) is 2.27. The van der Waals surface area contributed by atoms with E-state index in [1.807, 2.05) is 7.05 Å². The summed E-state index contributed by atoms with van der Waals surface area (Å²) in [7, 11) is 4.19. The van der Waals surface area contributed by atoms with Crippen molar-refractivity contribution in [3.05, 3.63) is 29.8 Å². The molecule has 0 aromatic heterocycles. The van der Waals surface area contributed by atoms with Gasteiger partial charge in [-0.3, -0.25) is 0 Å². The van der Waals surface area contributed by atoms with Crippen LogP contribution in [0.3, 0.4) is 0 Å². The molecular formula is C15H26N2. The van der Waals surface area contributed by atoms with E-state index in [1.54, 1.807) is 0 Å². The van der Waals surface area contributed by atoms with Crippen LogP contribution in [0.25, 0.3) is 0 Å². The summed E-state index contributed by atoms with van der Waals surface area (Å²) in [6, 6.07) is 9.21. The molecule has 2 heteroatoms. The summed E-state index contributed by atoms with van der Waals surface area (Å²) in [6.45, 7) is 7.79. The summed E-state index contributed by atoms with van der Waals surface area (Å²) >= 11 is 0. The number of hydrogen-bond acceptors (Lipinski definition) is 2. The minimum Gasteiger partial charge on any atom is -0.372 e. The summed E-state index contributed by atoms with van der Waals surface area (Å²) in [4.78, 5) is 2.40. The van der Waals surface area contributed by atoms with Crippen LogP contribution in [-0.4, -0.2) is 20.1 Å². The van der Waals surface area contributed by atoms with E-state index in [-0.39, 0.29) is 0 Å². The predicted molar refractivity (Wildman–Crippen MR) is 76.5 cm³/mol. The monoisotopic (exact) mass is 234 g/mol. The average molecular weight is 234 g/mol. The third kappa shape index (κ3) is 4.04. The Kier molecular flexibility index (Phi) is 5.49. The van der Waals surface area contributed by atoms with E-state index < -0.39 is 0 Å². The van der Waals surface area contributed by atoms with Crippen LogP contribution >= 0.6 is 0 Å². The molecule has 0 aliphatic carbocycles. The van der Waals surface area contributed by atoms with Crippen molar-refractivity contribution in [2.45, 2.75) is 39.8 Å². The maximum Gasteiger partial charge on any atom is 0.0411 e. The third-order valence-corrected chi connectivity index (χ3v) is 3.21. The summed E-state index contributed by atoms with van der Waals surface area (Å²) < 4.78 is 0. The van der Waals surface area contributed by atoms with E-state index in [0.29, 0.717) is 6.04 Å². The Balaban J connectivity index is 2.83. The van der Waals surface area contributed by atoms with E-state index in [0.717, 1.165) is 12.5 Å². The van der Waals surface area contributed by atoms with Gasteiger partial charge in [-0.05, 0) is 37.9 Å². The second-order valence-corrected chi connectivity index (χ2v) is 5.25. The lowest BCUT2D eigenvalue weighted by Gasteiger charge is -2.30. The van der Waals surface area contributed by atoms with E-state index >= 15 is 0 Å². The smallest absolute Gasteiger partial charge is 0.0411 e. The molecule has 1 rings (SSSR count). The number of nitrogens with zero attached hydrogens (tertiary/aromatic N) is 1. The molecular weight excluding hydrogens is 208 g/mol. The largest absolute Gasteiger partial charge is 0.372 e. The molecule has 1 aromatic rings. The SMILES string of the molecule is CNCc1ccccc1N(C)C(C)CC(C)C. The zero-order chi connectivity index (χ0) is 12.8. The molecule has 0 fully saturated rings. The molecule has 1 N–H and O–H groups in total. The molecule has 0 aliphatic heterocycles. The van der Waals surface area contributed by atoms with Crippen molar-refractivity contribution in [3.63, 3.8) is 0 Å². The molecule has 0 heterocycles. The molecule has 1 atom stereocenters. The highest BCUT2D eigenvalue weighted by molar-refractivity contribution is 5.53. The Morgan fingerprint density at radius 2 is 1.82 bits per heavy atom. The first-order chi connectivity index (χ1) is 8.06. The van der Waals surface area contributed by atoms with Gasteiger partial charge in [0, 0.05) is 25.3 Å². The van der Waals surface area contributed by atoms with E-state index in [4.69, 9.17) is 0 Å². The van der Waals surface area contributed by atoms with Crippen molar-refractivity contribution in [3.8, 4) is 0 Å². The Morgan fingerprint density at radius 3 is 2.41 bits per heavy atom. The second-order valence-electron chi connectivity index (χ2n) is 5.25. The van der Waals surface area contributed by atoms with E-state index in [1.165, 1.54) is 17.7 Å². The van der Waals surface area contributed by atoms with Gasteiger partial charge in [0.1, 0.15) is 0 Å². The quantitative estimate of drug-likeness (QED) is 0.812. The maximum absolute atomic E-state index is 3.23. The summed E-state index contributed by atoms with van der Waals surface area (Å²) in [5, 5.41) is 3.23. The average Bonchev–Trinajstić information content (AvgIpc) is 2.28. The number of anilines is 1. The Hall–Kier alpha value is -1.02. The predicted octanol–water partition coefficient (Wildman–Crippen LogP) is 3.28. The van der Waals surface area contributed by atoms with Crippen molar-refractivity contribution in [2.24, 2.45) is 5.92 Å². The van der Waals surface area contributed by atoms with Gasteiger partial charge in [-0.15, -0.1) is 0 Å². The molecule has 2 nitrogen and oxygen atoms in total. The lowest BCUT2D eigenvalue weighted by molar-refractivity contribution is 0.503. The van der Waals surface area contributed by atoms with Crippen LogP contribution in [0.1, 0.15) is 32.8 Å². The first-order valence-electron chi connectivity index (χ1n) is 6.51. The van der Waals surface area contributed by atoms with Gasteiger partial charge in [0.2, 0.25) is 0 Å². The van der Waals surface area contributed by atoms with Crippen LogP contribution in [0.2, 0.25) is 0 Å². The highest BCUT2D eigenvalue weighted by atomic mass is 15.1. The van der Waals surface area contributed by atoms with Gasteiger partial charge in [-0.25, -0.2) is 0 Å². The highest BCUT2D eigenvalue weighted by Crippen LogP contribution is 2.23. The first kappa shape index (κ1) is 14.0. The molecule has 1 unspecified atom stereocenters. The zero-order valence-electron chi connectivity index (χ0n) is 11.8. The minimum atomic E-state index is 0.577. The van der Waals surface area contributed by atoms with Gasteiger partial charge in [0.05, 0.1) is 0 Å². The van der Waals surface area contributed by atoms with Crippen LogP contribution in [0.5, 0.6) is 0 Å². The molecule has 0 aliphatic rings. The first-order valence-corrected chi connectivity index (χ1v) is 6.51. The highest BCUT2D eigenvalue weighted by Gasteiger charge is 2.13. The van der Waals surface area contributed by atoms with E-state index in [2.05, 4.69) is 62.3 Å². The summed E-state index contributed by atoms with van der Waals surface area (Å²) in [5.41, 5.74) is 2.71. The molecule has 0 bridgehead atoms. The standard InChI is InChI=1S/C15H26N2/c1-12(2)10-13(3)17(5)15-9-7-6-8-14(15)11-16-4/h6-9,12-13,16H,10-11H2,1-5H3. The lowest BCUT2D eigenvalue weighted by Crippen LogP contribution is -2.31. The second kappa shape index (κ2) is 6.65. The molecule has 1 aromatic carbocycles. The Labute approximate surface area is 106 Å². The number of benzene rings is 1. The number of hydrogen-bond donors (Lipinski definition) is 1. The lowest BCUT2D eigenvalue weighted by atomic mass is 10.0. The Bertz CT molecular complexity index is 333.